The average Bonchev–Trinajstić information content (AvgIpc) is 3.62. The zero-order valence-electron chi connectivity index (χ0n) is 24.2. The van der Waals surface area contributed by atoms with E-state index in [0.29, 0.717) is 32.3 Å². The van der Waals surface area contributed by atoms with Crippen LogP contribution >= 0.6 is 11.8 Å². The zero-order valence-corrected chi connectivity index (χ0v) is 25.0. The molecule has 4 heterocycles. The minimum atomic E-state index is -1.89. The predicted molar refractivity (Wildman–Crippen MR) is 148 cm³/mol. The first kappa shape index (κ1) is 28.0. The fourth-order valence-electron chi connectivity index (χ4n) is 11.1. The minimum Gasteiger partial charge on any atom is -0.458 e. The molecule has 4 aliphatic heterocycles. The summed E-state index contributed by atoms with van der Waals surface area (Å²) in [6, 6.07) is 0. The van der Waals surface area contributed by atoms with Crippen molar-refractivity contribution < 1.29 is 43.5 Å². The highest BCUT2D eigenvalue weighted by Gasteiger charge is 2.73. The van der Waals surface area contributed by atoms with Crippen LogP contribution in [0.2, 0.25) is 0 Å². The minimum absolute atomic E-state index is 0.0184. The van der Waals surface area contributed by atoms with Crippen molar-refractivity contribution in [3.63, 3.8) is 0 Å². The van der Waals surface area contributed by atoms with E-state index < -0.39 is 39.5 Å². The molecule has 0 aromatic heterocycles. The number of thioether (sulfide) groups is 1. The van der Waals surface area contributed by atoms with Crippen LogP contribution in [0.15, 0.2) is 11.6 Å². The van der Waals surface area contributed by atoms with E-state index in [4.69, 9.17) is 18.9 Å². The van der Waals surface area contributed by atoms with Gasteiger partial charge in [0, 0.05) is 23.3 Å². The summed E-state index contributed by atoms with van der Waals surface area (Å²) in [7, 11) is 0. The number of carbonyl (C=O) groups is 3. The smallest absolute Gasteiger partial charge is 0.331 e. The first-order valence-electron chi connectivity index (χ1n) is 15.7. The summed E-state index contributed by atoms with van der Waals surface area (Å²) in [6.07, 6.45) is 6.63. The Labute approximate surface area is 249 Å². The number of ether oxygens (including phenoxy) is 4. The monoisotopic (exact) mass is 603 g/mol. The standard InChI is InChI=1S/C31H41NO9S/c1-16-11-30(32-24(34)14-42-30)31(37)26(39-16)40-22-10-18-3-4-21-20(28(18,15-33)12-23(22)41-31)5-7-27(2)19(6-8-29(21,27)36)17-9-25(35)38-13-17/h9,15-16,18-23,26,36-37H,3-8,10-14H2,1-2H3,(H,32,34). The number of aliphatic hydroxyl groups is 2. The van der Waals surface area contributed by atoms with Gasteiger partial charge in [-0.05, 0) is 87.5 Å². The van der Waals surface area contributed by atoms with Crippen molar-refractivity contribution in [1.82, 2.24) is 5.32 Å². The summed E-state index contributed by atoms with van der Waals surface area (Å²) in [5.74, 6) is -2.03. The van der Waals surface area contributed by atoms with Gasteiger partial charge in [-0.3, -0.25) is 4.79 Å². The number of carbonyl (C=O) groups excluding carboxylic acids is 3. The van der Waals surface area contributed by atoms with Crippen molar-refractivity contribution in [2.75, 3.05) is 12.4 Å². The number of nitrogens with one attached hydrogen (secondary N) is 1. The molecule has 0 aromatic rings. The number of amides is 1. The van der Waals surface area contributed by atoms with Gasteiger partial charge >= 0.3 is 5.97 Å². The number of esters is 1. The first-order chi connectivity index (χ1) is 20.0. The molecule has 0 aromatic carbocycles. The maximum Gasteiger partial charge on any atom is 0.331 e. The lowest BCUT2D eigenvalue weighted by Crippen LogP contribution is -2.76. The molecule has 4 saturated carbocycles. The van der Waals surface area contributed by atoms with Crippen LogP contribution in [0.5, 0.6) is 0 Å². The highest BCUT2D eigenvalue weighted by atomic mass is 32.2. The van der Waals surface area contributed by atoms with E-state index in [1.54, 1.807) is 6.08 Å². The average molecular weight is 604 g/mol. The van der Waals surface area contributed by atoms with Crippen molar-refractivity contribution in [2.45, 2.75) is 112 Å². The van der Waals surface area contributed by atoms with Crippen molar-refractivity contribution in [3.8, 4) is 0 Å². The summed E-state index contributed by atoms with van der Waals surface area (Å²) >= 11 is 1.33. The van der Waals surface area contributed by atoms with Gasteiger partial charge in [0.2, 0.25) is 12.2 Å². The molecule has 1 spiro atoms. The Balaban J connectivity index is 1.10. The summed E-state index contributed by atoms with van der Waals surface area (Å²) < 4.78 is 24.4. The largest absolute Gasteiger partial charge is 0.458 e. The Hall–Kier alpha value is -1.50. The summed E-state index contributed by atoms with van der Waals surface area (Å²) in [5.41, 5.74) is -1.06. The van der Waals surface area contributed by atoms with E-state index in [0.717, 1.165) is 44.0 Å². The lowest BCUT2D eigenvalue weighted by Gasteiger charge is -2.65. The lowest BCUT2D eigenvalue weighted by atomic mass is 9.42. The second-order valence-electron chi connectivity index (χ2n) is 14.6. The van der Waals surface area contributed by atoms with E-state index in [1.165, 1.54) is 11.8 Å². The summed E-state index contributed by atoms with van der Waals surface area (Å²) in [5, 5.41) is 27.6. The van der Waals surface area contributed by atoms with Gasteiger partial charge in [-0.1, -0.05) is 6.92 Å². The highest BCUT2D eigenvalue weighted by Crippen LogP contribution is 2.70. The van der Waals surface area contributed by atoms with E-state index in [1.807, 2.05) is 6.92 Å². The van der Waals surface area contributed by atoms with Crippen LogP contribution in [-0.4, -0.2) is 81.6 Å². The van der Waals surface area contributed by atoms with Crippen LogP contribution < -0.4 is 5.32 Å². The second kappa shape index (κ2) is 9.03. The molecule has 11 heteroatoms. The number of aldehydes is 1. The molecule has 10 nitrogen and oxygen atoms in total. The van der Waals surface area contributed by atoms with Crippen molar-refractivity contribution >= 4 is 29.9 Å². The van der Waals surface area contributed by atoms with Gasteiger partial charge in [0.1, 0.15) is 17.8 Å². The normalized spacial score (nSPS) is 56.3. The lowest BCUT2D eigenvalue weighted by molar-refractivity contribution is -0.447. The fourth-order valence-corrected chi connectivity index (χ4v) is 12.4. The molecule has 4 aliphatic carbocycles. The number of hydrogen-bond acceptors (Lipinski definition) is 10. The van der Waals surface area contributed by atoms with Crippen LogP contribution in [0.4, 0.5) is 0 Å². The van der Waals surface area contributed by atoms with Gasteiger partial charge in [0.25, 0.3) is 5.79 Å². The molecule has 8 aliphatic rings. The highest BCUT2D eigenvalue weighted by molar-refractivity contribution is 8.01. The molecule has 13 unspecified atom stereocenters. The molecule has 0 radical (unpaired) electrons. The molecule has 7 fully saturated rings. The predicted octanol–water partition coefficient (Wildman–Crippen LogP) is 2.20. The summed E-state index contributed by atoms with van der Waals surface area (Å²) in [6.45, 7) is 4.38. The molecule has 3 saturated heterocycles. The second-order valence-corrected chi connectivity index (χ2v) is 15.9. The fraction of sp³-hybridized carbons (Fsp3) is 0.839. The number of hydrogen-bond donors (Lipinski definition) is 3. The molecular formula is C31H41NO9S. The van der Waals surface area contributed by atoms with E-state index in [9.17, 15) is 24.6 Å². The Kier molecular flexibility index (Phi) is 6.02. The molecule has 8 rings (SSSR count). The van der Waals surface area contributed by atoms with Gasteiger partial charge in [0.15, 0.2) is 0 Å². The van der Waals surface area contributed by atoms with E-state index in [-0.39, 0.29) is 53.5 Å². The van der Waals surface area contributed by atoms with E-state index in [2.05, 4.69) is 12.2 Å². The molecule has 1 amide bonds. The van der Waals surface area contributed by atoms with Crippen molar-refractivity contribution in [2.24, 2.45) is 34.5 Å². The molecule has 3 N–H and O–H groups in total. The van der Waals surface area contributed by atoms with Crippen LogP contribution in [0.3, 0.4) is 0 Å². The van der Waals surface area contributed by atoms with E-state index >= 15 is 0 Å². The Morgan fingerprint density at radius 2 is 1.88 bits per heavy atom. The summed E-state index contributed by atoms with van der Waals surface area (Å²) in [4.78, 5) is 36.5. The Morgan fingerprint density at radius 3 is 2.60 bits per heavy atom. The third kappa shape index (κ3) is 3.44. The molecule has 13 atom stereocenters. The van der Waals surface area contributed by atoms with Crippen LogP contribution in [0.25, 0.3) is 0 Å². The van der Waals surface area contributed by atoms with Gasteiger partial charge in [-0.25, -0.2) is 4.79 Å². The Bertz CT molecular complexity index is 1260. The molecular weight excluding hydrogens is 562 g/mol. The topological polar surface area (TPSA) is 141 Å². The molecule has 230 valence electrons. The van der Waals surface area contributed by atoms with Crippen molar-refractivity contribution in [1.29, 1.82) is 0 Å². The third-order valence-corrected chi connectivity index (χ3v) is 14.5. The quantitative estimate of drug-likeness (QED) is 0.244. The van der Waals surface area contributed by atoms with Crippen LogP contribution in [-0.2, 0) is 33.3 Å². The zero-order chi connectivity index (χ0) is 29.3. The first-order valence-corrected chi connectivity index (χ1v) is 16.7. The number of fused-ring (bicyclic) bond motifs is 8. The SMILES string of the molecule is CC1CC2(NC(=O)CS2)C2(O)OC3CC4(C=O)C(CCC5C4CCC4(C)C(C6=CC(=O)OC6)CCC54O)CC3OC2O1. The number of cyclic esters (lactones) is 1. The third-order valence-electron chi connectivity index (χ3n) is 13.0. The van der Waals surface area contributed by atoms with Crippen LogP contribution in [0.1, 0.15) is 71.6 Å². The maximum atomic E-state index is 13.3. The van der Waals surface area contributed by atoms with Crippen LogP contribution in [0, 0.1) is 34.5 Å². The molecule has 0 bridgehead atoms. The van der Waals surface area contributed by atoms with Gasteiger partial charge in [-0.2, -0.15) is 0 Å². The maximum absolute atomic E-state index is 13.3. The molecule has 42 heavy (non-hydrogen) atoms. The number of rotatable bonds is 2. The van der Waals surface area contributed by atoms with Gasteiger partial charge < -0.3 is 39.3 Å². The Morgan fingerprint density at radius 1 is 1.05 bits per heavy atom. The van der Waals surface area contributed by atoms with Gasteiger partial charge in [-0.15, -0.1) is 11.8 Å². The van der Waals surface area contributed by atoms with Crippen molar-refractivity contribution in [3.05, 3.63) is 11.6 Å². The van der Waals surface area contributed by atoms with Gasteiger partial charge in [0.05, 0.1) is 29.7 Å².